The molecule has 0 aliphatic heterocycles. The van der Waals surface area contributed by atoms with E-state index in [2.05, 4.69) is 20.4 Å². The molecule has 0 saturated heterocycles. The van der Waals surface area contributed by atoms with Gasteiger partial charge in [-0.2, -0.15) is 5.10 Å². The highest BCUT2D eigenvalue weighted by Crippen LogP contribution is 2.22. The SMILES string of the molecule is Cn1ncc2c(NCCc3ccc(Cl)cc3Cl)ncnc21. The molecule has 5 nitrogen and oxygen atoms in total. The average molecular weight is 322 g/mol. The second-order valence-electron chi connectivity index (χ2n) is 4.64. The zero-order chi connectivity index (χ0) is 14.8. The maximum absolute atomic E-state index is 6.16. The van der Waals surface area contributed by atoms with E-state index in [1.165, 1.54) is 6.33 Å². The number of nitrogens with one attached hydrogen (secondary N) is 1. The number of anilines is 1. The second-order valence-corrected chi connectivity index (χ2v) is 5.48. The molecule has 108 valence electrons. The van der Waals surface area contributed by atoms with Crippen molar-refractivity contribution in [2.45, 2.75) is 6.42 Å². The van der Waals surface area contributed by atoms with E-state index in [0.29, 0.717) is 16.6 Å². The predicted octanol–water partition coefficient (Wildman–Crippen LogP) is 3.32. The minimum Gasteiger partial charge on any atom is -0.369 e. The first-order valence-corrected chi connectivity index (χ1v) is 7.21. The fraction of sp³-hybridized carbons (Fsp3) is 0.214. The first-order valence-electron chi connectivity index (χ1n) is 6.45. The van der Waals surface area contributed by atoms with Gasteiger partial charge in [0.15, 0.2) is 5.65 Å². The van der Waals surface area contributed by atoms with Crippen LogP contribution < -0.4 is 5.32 Å². The molecule has 0 spiro atoms. The van der Waals surface area contributed by atoms with Crippen LogP contribution in [0.3, 0.4) is 0 Å². The third-order valence-corrected chi connectivity index (χ3v) is 3.82. The van der Waals surface area contributed by atoms with Crippen molar-refractivity contribution in [1.29, 1.82) is 0 Å². The molecule has 0 aliphatic carbocycles. The Balaban J connectivity index is 1.72. The van der Waals surface area contributed by atoms with Crippen LogP contribution in [0, 0.1) is 0 Å². The number of hydrogen-bond donors (Lipinski definition) is 1. The molecule has 1 aromatic carbocycles. The number of hydrogen-bond acceptors (Lipinski definition) is 4. The van der Waals surface area contributed by atoms with Gasteiger partial charge in [-0.25, -0.2) is 9.97 Å². The lowest BCUT2D eigenvalue weighted by molar-refractivity contribution is 0.785. The number of aromatic nitrogens is 4. The molecule has 0 unspecified atom stereocenters. The van der Waals surface area contributed by atoms with E-state index in [1.807, 2.05) is 19.2 Å². The highest BCUT2D eigenvalue weighted by Gasteiger charge is 2.07. The maximum Gasteiger partial charge on any atom is 0.163 e. The van der Waals surface area contributed by atoms with Crippen LogP contribution in [0.15, 0.2) is 30.7 Å². The predicted molar refractivity (Wildman–Crippen MR) is 85.0 cm³/mol. The number of rotatable bonds is 4. The molecule has 7 heteroatoms. The van der Waals surface area contributed by atoms with Crippen LogP contribution in [-0.2, 0) is 13.5 Å². The summed E-state index contributed by atoms with van der Waals surface area (Å²) in [5.74, 6) is 0.776. The molecule has 3 aromatic rings. The normalized spacial score (nSPS) is 11.0. The monoisotopic (exact) mass is 321 g/mol. The summed E-state index contributed by atoms with van der Waals surface area (Å²) in [4.78, 5) is 8.46. The second kappa shape index (κ2) is 5.87. The molecule has 0 bridgehead atoms. The van der Waals surface area contributed by atoms with Crippen molar-refractivity contribution in [3.63, 3.8) is 0 Å². The van der Waals surface area contributed by atoms with Crippen LogP contribution in [0.25, 0.3) is 11.0 Å². The number of nitrogens with zero attached hydrogens (tertiary/aromatic N) is 4. The van der Waals surface area contributed by atoms with Gasteiger partial charge in [0.1, 0.15) is 12.1 Å². The Morgan fingerprint density at radius 3 is 2.90 bits per heavy atom. The van der Waals surface area contributed by atoms with Crippen molar-refractivity contribution < 1.29 is 0 Å². The minimum absolute atomic E-state index is 0.643. The van der Waals surface area contributed by atoms with E-state index < -0.39 is 0 Å². The standard InChI is InChI=1S/C14H13Cl2N5/c1-21-14-11(7-20-21)13(18-8-19-14)17-5-4-9-2-3-10(15)6-12(9)16/h2-3,6-8H,4-5H2,1H3,(H,17,18,19). The molecule has 1 N–H and O–H groups in total. The first-order chi connectivity index (χ1) is 10.1. The Kier molecular flexibility index (Phi) is 3.94. The lowest BCUT2D eigenvalue weighted by Gasteiger charge is -2.08. The van der Waals surface area contributed by atoms with E-state index in [1.54, 1.807) is 16.9 Å². The Labute approximate surface area is 131 Å². The summed E-state index contributed by atoms with van der Waals surface area (Å²) >= 11 is 12.0. The quantitative estimate of drug-likeness (QED) is 0.800. The molecule has 0 saturated carbocycles. The zero-order valence-corrected chi connectivity index (χ0v) is 12.9. The van der Waals surface area contributed by atoms with E-state index in [0.717, 1.165) is 28.8 Å². The molecule has 0 radical (unpaired) electrons. The van der Waals surface area contributed by atoms with Crippen LogP contribution >= 0.6 is 23.2 Å². The van der Waals surface area contributed by atoms with Crippen LogP contribution in [0.2, 0.25) is 10.0 Å². The lowest BCUT2D eigenvalue weighted by Crippen LogP contribution is -2.07. The topological polar surface area (TPSA) is 55.6 Å². The number of halogens is 2. The van der Waals surface area contributed by atoms with E-state index >= 15 is 0 Å². The average Bonchev–Trinajstić information content (AvgIpc) is 2.84. The summed E-state index contributed by atoms with van der Waals surface area (Å²) in [5, 5.41) is 9.71. The molecule has 3 rings (SSSR count). The van der Waals surface area contributed by atoms with Crippen molar-refractivity contribution in [2.75, 3.05) is 11.9 Å². The summed E-state index contributed by atoms with van der Waals surface area (Å²) in [6.07, 6.45) is 4.07. The van der Waals surface area contributed by atoms with Crippen LogP contribution in [0.4, 0.5) is 5.82 Å². The Bertz CT molecular complexity index is 784. The summed E-state index contributed by atoms with van der Waals surface area (Å²) in [6, 6.07) is 5.53. The third-order valence-electron chi connectivity index (χ3n) is 3.23. The zero-order valence-electron chi connectivity index (χ0n) is 11.3. The van der Waals surface area contributed by atoms with Gasteiger partial charge in [0, 0.05) is 23.6 Å². The summed E-state index contributed by atoms with van der Waals surface area (Å²) in [7, 11) is 1.85. The van der Waals surface area contributed by atoms with E-state index in [9.17, 15) is 0 Å². The fourth-order valence-electron chi connectivity index (χ4n) is 2.14. The maximum atomic E-state index is 6.16. The Morgan fingerprint density at radius 1 is 1.24 bits per heavy atom. The number of fused-ring (bicyclic) bond motifs is 1. The molecule has 0 amide bonds. The largest absolute Gasteiger partial charge is 0.369 e. The molecule has 2 aromatic heterocycles. The van der Waals surface area contributed by atoms with Crippen molar-refractivity contribution >= 4 is 40.1 Å². The molecular weight excluding hydrogens is 309 g/mol. The van der Waals surface area contributed by atoms with Gasteiger partial charge in [0.05, 0.1) is 11.6 Å². The van der Waals surface area contributed by atoms with Gasteiger partial charge >= 0.3 is 0 Å². The Morgan fingerprint density at radius 2 is 2.10 bits per heavy atom. The summed E-state index contributed by atoms with van der Waals surface area (Å²) in [5.41, 5.74) is 1.85. The van der Waals surface area contributed by atoms with Crippen molar-refractivity contribution in [3.05, 3.63) is 46.3 Å². The van der Waals surface area contributed by atoms with Gasteiger partial charge in [-0.3, -0.25) is 4.68 Å². The van der Waals surface area contributed by atoms with Gasteiger partial charge in [-0.05, 0) is 24.1 Å². The molecular formula is C14H13Cl2N5. The van der Waals surface area contributed by atoms with Crippen molar-refractivity contribution in [1.82, 2.24) is 19.7 Å². The molecule has 2 heterocycles. The summed E-state index contributed by atoms with van der Waals surface area (Å²) in [6.45, 7) is 0.711. The van der Waals surface area contributed by atoms with E-state index in [4.69, 9.17) is 23.2 Å². The molecule has 0 fully saturated rings. The first kappa shape index (κ1) is 14.1. The number of benzene rings is 1. The van der Waals surface area contributed by atoms with Gasteiger partial charge in [-0.15, -0.1) is 0 Å². The van der Waals surface area contributed by atoms with Crippen LogP contribution in [-0.4, -0.2) is 26.3 Å². The number of aryl methyl sites for hydroxylation is 1. The van der Waals surface area contributed by atoms with Gasteiger partial charge < -0.3 is 5.32 Å². The Hall–Kier alpha value is -1.85. The highest BCUT2D eigenvalue weighted by molar-refractivity contribution is 6.35. The van der Waals surface area contributed by atoms with Gasteiger partial charge in [0.2, 0.25) is 0 Å². The van der Waals surface area contributed by atoms with Crippen molar-refractivity contribution in [3.8, 4) is 0 Å². The van der Waals surface area contributed by atoms with E-state index in [-0.39, 0.29) is 0 Å². The smallest absolute Gasteiger partial charge is 0.163 e. The van der Waals surface area contributed by atoms with Crippen LogP contribution in [0.5, 0.6) is 0 Å². The molecule has 21 heavy (non-hydrogen) atoms. The molecule has 0 atom stereocenters. The third kappa shape index (κ3) is 2.94. The summed E-state index contributed by atoms with van der Waals surface area (Å²) < 4.78 is 1.72. The van der Waals surface area contributed by atoms with Gasteiger partial charge in [0.25, 0.3) is 0 Å². The van der Waals surface area contributed by atoms with Crippen LogP contribution in [0.1, 0.15) is 5.56 Å². The lowest BCUT2D eigenvalue weighted by atomic mass is 10.1. The van der Waals surface area contributed by atoms with Crippen molar-refractivity contribution in [2.24, 2.45) is 7.05 Å². The highest BCUT2D eigenvalue weighted by atomic mass is 35.5. The molecule has 0 aliphatic rings. The van der Waals surface area contributed by atoms with Gasteiger partial charge in [-0.1, -0.05) is 29.3 Å². The fourth-order valence-corrected chi connectivity index (χ4v) is 2.65. The minimum atomic E-state index is 0.643.